The fraction of sp³-hybridized carbons (Fsp3) is 0.647. The van der Waals surface area contributed by atoms with Crippen molar-refractivity contribution in [3.05, 3.63) is 16.8 Å². The number of hydrogen-bond donors (Lipinski definition) is 1. The zero-order valence-corrected chi connectivity index (χ0v) is 14.5. The zero-order valence-electron chi connectivity index (χ0n) is 13.7. The molecule has 2 aromatic rings. The molecule has 3 heterocycles. The average molecular weight is 332 g/mol. The molecule has 0 saturated carbocycles. The van der Waals surface area contributed by atoms with Gasteiger partial charge in [-0.15, -0.1) is 11.3 Å². The van der Waals surface area contributed by atoms with Crippen molar-refractivity contribution in [3.8, 4) is 0 Å². The predicted octanol–water partition coefficient (Wildman–Crippen LogP) is 2.56. The summed E-state index contributed by atoms with van der Waals surface area (Å²) in [5.74, 6) is 1.79. The van der Waals surface area contributed by atoms with Crippen molar-refractivity contribution in [2.24, 2.45) is 5.92 Å². The number of nitrogens with zero attached hydrogens (tertiary/aromatic N) is 3. The maximum atomic E-state index is 5.40. The molecular formula is C17H24N4OS. The van der Waals surface area contributed by atoms with E-state index in [0.29, 0.717) is 0 Å². The number of anilines is 1. The van der Waals surface area contributed by atoms with Crippen molar-refractivity contribution in [2.45, 2.75) is 26.2 Å². The van der Waals surface area contributed by atoms with Crippen LogP contribution in [0.25, 0.3) is 10.2 Å². The van der Waals surface area contributed by atoms with Crippen molar-refractivity contribution in [1.29, 1.82) is 0 Å². The van der Waals surface area contributed by atoms with E-state index < -0.39 is 0 Å². The first-order valence-electron chi connectivity index (χ1n) is 8.60. The molecule has 1 saturated heterocycles. The third kappa shape index (κ3) is 3.20. The van der Waals surface area contributed by atoms with Gasteiger partial charge >= 0.3 is 0 Å². The van der Waals surface area contributed by atoms with Crippen molar-refractivity contribution >= 4 is 27.4 Å². The quantitative estimate of drug-likeness (QED) is 0.932. The van der Waals surface area contributed by atoms with E-state index >= 15 is 0 Å². The van der Waals surface area contributed by atoms with E-state index in [1.807, 2.05) is 11.3 Å². The molecule has 1 atom stereocenters. The number of fused-ring (bicyclic) bond motifs is 3. The molecule has 4 rings (SSSR count). The molecule has 2 aromatic heterocycles. The second-order valence-corrected chi connectivity index (χ2v) is 7.72. The molecule has 0 amide bonds. The number of thiophene rings is 1. The van der Waals surface area contributed by atoms with Crippen LogP contribution in [0, 0.1) is 5.92 Å². The summed E-state index contributed by atoms with van der Waals surface area (Å²) in [5.41, 5.74) is 1.50. The molecule has 124 valence electrons. The van der Waals surface area contributed by atoms with Crippen LogP contribution < -0.4 is 5.32 Å². The van der Waals surface area contributed by atoms with Crippen LogP contribution >= 0.6 is 11.3 Å². The average Bonchev–Trinajstić information content (AvgIpc) is 2.94. The van der Waals surface area contributed by atoms with Crippen molar-refractivity contribution < 1.29 is 4.74 Å². The lowest BCUT2D eigenvalue weighted by molar-refractivity contribution is 0.0398. The lowest BCUT2D eigenvalue weighted by Crippen LogP contribution is -2.39. The van der Waals surface area contributed by atoms with Gasteiger partial charge in [-0.3, -0.25) is 4.90 Å². The molecule has 0 radical (unpaired) electrons. The molecule has 0 aromatic carbocycles. The van der Waals surface area contributed by atoms with Gasteiger partial charge in [0, 0.05) is 31.1 Å². The summed E-state index contributed by atoms with van der Waals surface area (Å²) in [6, 6.07) is 0. The Morgan fingerprint density at radius 3 is 3.09 bits per heavy atom. The largest absolute Gasteiger partial charge is 0.379 e. The summed E-state index contributed by atoms with van der Waals surface area (Å²) in [4.78, 5) is 14.2. The maximum Gasteiger partial charge on any atom is 0.138 e. The minimum Gasteiger partial charge on any atom is -0.379 e. The van der Waals surface area contributed by atoms with Crippen molar-refractivity contribution in [3.63, 3.8) is 0 Å². The number of aromatic nitrogens is 2. The predicted molar refractivity (Wildman–Crippen MR) is 94.4 cm³/mol. The van der Waals surface area contributed by atoms with E-state index in [1.54, 1.807) is 6.33 Å². The number of nitrogens with one attached hydrogen (secondary N) is 1. The Hall–Kier alpha value is -1.24. The fourth-order valence-electron chi connectivity index (χ4n) is 3.57. The van der Waals surface area contributed by atoms with Gasteiger partial charge in [-0.2, -0.15) is 0 Å². The first-order chi connectivity index (χ1) is 11.3. The van der Waals surface area contributed by atoms with Gasteiger partial charge in [-0.1, -0.05) is 6.92 Å². The Labute approximate surface area is 141 Å². The van der Waals surface area contributed by atoms with E-state index in [-0.39, 0.29) is 0 Å². The van der Waals surface area contributed by atoms with Crippen LogP contribution in [-0.2, 0) is 17.6 Å². The summed E-state index contributed by atoms with van der Waals surface area (Å²) in [5, 5.41) is 4.84. The molecule has 1 aliphatic carbocycles. The Balaban J connectivity index is 1.51. The lowest BCUT2D eigenvalue weighted by Gasteiger charge is -2.26. The van der Waals surface area contributed by atoms with Gasteiger partial charge in [-0.05, 0) is 30.7 Å². The van der Waals surface area contributed by atoms with Crippen LogP contribution in [0.15, 0.2) is 6.33 Å². The molecular weight excluding hydrogens is 308 g/mol. The van der Waals surface area contributed by atoms with E-state index in [1.165, 1.54) is 35.1 Å². The summed E-state index contributed by atoms with van der Waals surface area (Å²) >= 11 is 1.86. The van der Waals surface area contributed by atoms with E-state index in [0.717, 1.165) is 56.0 Å². The molecule has 6 heteroatoms. The third-order valence-corrected chi connectivity index (χ3v) is 6.11. The zero-order chi connectivity index (χ0) is 15.6. The lowest BCUT2D eigenvalue weighted by atomic mass is 9.88. The fourth-order valence-corrected chi connectivity index (χ4v) is 4.76. The number of rotatable bonds is 4. The second kappa shape index (κ2) is 6.71. The highest BCUT2D eigenvalue weighted by Crippen LogP contribution is 2.39. The van der Waals surface area contributed by atoms with Crippen LogP contribution in [0.4, 0.5) is 5.82 Å². The van der Waals surface area contributed by atoms with Gasteiger partial charge in [0.25, 0.3) is 0 Å². The normalized spacial score (nSPS) is 22.2. The highest BCUT2D eigenvalue weighted by molar-refractivity contribution is 7.19. The smallest absolute Gasteiger partial charge is 0.138 e. The molecule has 2 aliphatic rings. The summed E-state index contributed by atoms with van der Waals surface area (Å²) in [6.45, 7) is 8.09. The number of morpholine rings is 1. The van der Waals surface area contributed by atoms with Gasteiger partial charge in [0.15, 0.2) is 0 Å². The minimum atomic E-state index is 0.765. The Morgan fingerprint density at radius 1 is 1.35 bits per heavy atom. The number of hydrogen-bond acceptors (Lipinski definition) is 6. The molecule has 5 nitrogen and oxygen atoms in total. The van der Waals surface area contributed by atoms with Gasteiger partial charge in [0.05, 0.1) is 18.6 Å². The van der Waals surface area contributed by atoms with Crippen LogP contribution in [-0.4, -0.2) is 54.3 Å². The van der Waals surface area contributed by atoms with Gasteiger partial charge < -0.3 is 10.1 Å². The Kier molecular flexibility index (Phi) is 4.46. The SMILES string of the molecule is C[C@H]1CCc2sc3ncnc(NCCN4CCOCC4)c3c2C1. The van der Waals surface area contributed by atoms with Crippen molar-refractivity contribution in [2.75, 3.05) is 44.7 Å². The molecule has 23 heavy (non-hydrogen) atoms. The van der Waals surface area contributed by atoms with Crippen LogP contribution in [0.5, 0.6) is 0 Å². The van der Waals surface area contributed by atoms with E-state index in [9.17, 15) is 0 Å². The molecule has 0 unspecified atom stereocenters. The maximum absolute atomic E-state index is 5.40. The van der Waals surface area contributed by atoms with Gasteiger partial charge in [0.2, 0.25) is 0 Å². The molecule has 1 aliphatic heterocycles. The van der Waals surface area contributed by atoms with Crippen LogP contribution in [0.3, 0.4) is 0 Å². The first-order valence-corrected chi connectivity index (χ1v) is 9.42. The Morgan fingerprint density at radius 2 is 2.22 bits per heavy atom. The number of aryl methyl sites for hydroxylation is 1. The molecule has 1 N–H and O–H groups in total. The molecule has 0 spiro atoms. The highest BCUT2D eigenvalue weighted by Gasteiger charge is 2.23. The van der Waals surface area contributed by atoms with Gasteiger partial charge in [-0.25, -0.2) is 9.97 Å². The minimum absolute atomic E-state index is 0.765. The van der Waals surface area contributed by atoms with E-state index in [2.05, 4.69) is 27.1 Å². The van der Waals surface area contributed by atoms with Crippen LogP contribution in [0.1, 0.15) is 23.8 Å². The monoisotopic (exact) mass is 332 g/mol. The topological polar surface area (TPSA) is 50.3 Å². The molecule has 1 fully saturated rings. The third-order valence-electron chi connectivity index (χ3n) is 4.91. The van der Waals surface area contributed by atoms with Crippen molar-refractivity contribution in [1.82, 2.24) is 14.9 Å². The Bertz CT molecular complexity index is 681. The summed E-state index contributed by atoms with van der Waals surface area (Å²) in [7, 11) is 0. The first kappa shape index (κ1) is 15.3. The second-order valence-electron chi connectivity index (χ2n) is 6.63. The van der Waals surface area contributed by atoms with Crippen LogP contribution in [0.2, 0.25) is 0 Å². The summed E-state index contributed by atoms with van der Waals surface area (Å²) < 4.78 is 5.40. The number of ether oxygens (including phenoxy) is 1. The van der Waals surface area contributed by atoms with E-state index in [4.69, 9.17) is 4.74 Å². The van der Waals surface area contributed by atoms with Gasteiger partial charge in [0.1, 0.15) is 17.0 Å². The molecule has 0 bridgehead atoms. The highest BCUT2D eigenvalue weighted by atomic mass is 32.1. The standard InChI is InChI=1S/C17H24N4OS/c1-12-2-3-14-13(10-12)15-16(19-11-20-17(15)23-14)18-4-5-21-6-8-22-9-7-21/h11-12H,2-10H2,1H3,(H,18,19,20)/t12-/m0/s1. The summed E-state index contributed by atoms with van der Waals surface area (Å²) in [6.07, 6.45) is 5.36.